The van der Waals surface area contributed by atoms with Gasteiger partial charge in [-0.15, -0.1) is 0 Å². The largest absolute Gasteiger partial charge is 0.382 e. The highest BCUT2D eigenvalue weighted by Gasteiger charge is 2.14. The molecule has 1 aliphatic heterocycles. The van der Waals surface area contributed by atoms with Crippen molar-refractivity contribution < 1.29 is 0 Å². The van der Waals surface area contributed by atoms with Crippen molar-refractivity contribution >= 4 is 5.69 Å². The molecule has 0 fully saturated rings. The van der Waals surface area contributed by atoms with Gasteiger partial charge in [0.1, 0.15) is 0 Å². The van der Waals surface area contributed by atoms with Crippen molar-refractivity contribution in [3.05, 3.63) is 29.8 Å². The van der Waals surface area contributed by atoms with Gasteiger partial charge in [0, 0.05) is 11.7 Å². The third kappa shape index (κ3) is 1.79. The molecule has 1 aromatic rings. The SMILES string of the molecule is CC.CC1Cc2ccccc2N1. The monoisotopic (exact) mass is 163 g/mol. The second-order valence-electron chi connectivity index (χ2n) is 2.91. The van der Waals surface area contributed by atoms with Crippen molar-refractivity contribution in [3.63, 3.8) is 0 Å². The molecular weight excluding hydrogens is 146 g/mol. The van der Waals surface area contributed by atoms with E-state index in [9.17, 15) is 0 Å². The first-order valence-electron chi connectivity index (χ1n) is 4.71. The van der Waals surface area contributed by atoms with Crippen molar-refractivity contribution in [1.29, 1.82) is 0 Å². The zero-order valence-electron chi connectivity index (χ0n) is 8.09. The van der Waals surface area contributed by atoms with E-state index in [4.69, 9.17) is 0 Å². The number of hydrogen-bond acceptors (Lipinski definition) is 1. The lowest BCUT2D eigenvalue weighted by atomic mass is 10.1. The van der Waals surface area contributed by atoms with Gasteiger partial charge in [-0.05, 0) is 25.0 Å². The maximum Gasteiger partial charge on any atom is 0.0375 e. The van der Waals surface area contributed by atoms with E-state index >= 15 is 0 Å². The average Bonchev–Trinajstić information content (AvgIpc) is 2.48. The third-order valence-corrected chi connectivity index (χ3v) is 1.95. The second kappa shape index (κ2) is 4.15. The van der Waals surface area contributed by atoms with Crippen molar-refractivity contribution in [3.8, 4) is 0 Å². The summed E-state index contributed by atoms with van der Waals surface area (Å²) in [5.74, 6) is 0. The van der Waals surface area contributed by atoms with Gasteiger partial charge in [0.25, 0.3) is 0 Å². The summed E-state index contributed by atoms with van der Waals surface area (Å²) in [6.07, 6.45) is 1.18. The maximum absolute atomic E-state index is 3.40. The fraction of sp³-hybridized carbons (Fsp3) is 0.455. The van der Waals surface area contributed by atoms with Gasteiger partial charge in [0.05, 0.1) is 0 Å². The van der Waals surface area contributed by atoms with Gasteiger partial charge in [0.2, 0.25) is 0 Å². The number of benzene rings is 1. The molecule has 0 aromatic heterocycles. The summed E-state index contributed by atoms with van der Waals surface area (Å²) in [6, 6.07) is 9.12. The maximum atomic E-state index is 3.40. The first kappa shape index (κ1) is 9.11. The molecule has 66 valence electrons. The van der Waals surface area contributed by atoms with Crippen LogP contribution in [0.2, 0.25) is 0 Å². The quantitative estimate of drug-likeness (QED) is 0.619. The van der Waals surface area contributed by atoms with E-state index in [0.717, 1.165) is 0 Å². The van der Waals surface area contributed by atoms with Gasteiger partial charge in [0.15, 0.2) is 0 Å². The van der Waals surface area contributed by atoms with Crippen molar-refractivity contribution in [1.82, 2.24) is 0 Å². The van der Waals surface area contributed by atoms with E-state index in [1.54, 1.807) is 0 Å². The summed E-state index contributed by atoms with van der Waals surface area (Å²) in [5.41, 5.74) is 2.77. The van der Waals surface area contributed by atoms with Gasteiger partial charge >= 0.3 is 0 Å². The van der Waals surface area contributed by atoms with Crippen LogP contribution in [0, 0.1) is 0 Å². The summed E-state index contributed by atoms with van der Waals surface area (Å²) in [6.45, 7) is 6.21. The highest BCUT2D eigenvalue weighted by molar-refractivity contribution is 5.56. The Morgan fingerprint density at radius 3 is 2.58 bits per heavy atom. The van der Waals surface area contributed by atoms with Gasteiger partial charge in [-0.1, -0.05) is 32.0 Å². The van der Waals surface area contributed by atoms with Gasteiger partial charge in [-0.2, -0.15) is 0 Å². The molecule has 0 spiro atoms. The molecule has 1 N–H and O–H groups in total. The minimum absolute atomic E-state index is 0.623. The van der Waals surface area contributed by atoms with Crippen LogP contribution in [0.15, 0.2) is 24.3 Å². The van der Waals surface area contributed by atoms with E-state index in [1.807, 2.05) is 13.8 Å². The summed E-state index contributed by atoms with van der Waals surface area (Å²) in [5, 5.41) is 3.40. The summed E-state index contributed by atoms with van der Waals surface area (Å²) >= 11 is 0. The Morgan fingerprint density at radius 1 is 1.25 bits per heavy atom. The molecule has 0 radical (unpaired) electrons. The number of fused-ring (bicyclic) bond motifs is 1. The van der Waals surface area contributed by atoms with E-state index < -0.39 is 0 Å². The Bertz CT molecular complexity index is 218. The van der Waals surface area contributed by atoms with Crippen LogP contribution >= 0.6 is 0 Å². The molecule has 2 rings (SSSR count). The molecule has 1 aliphatic rings. The molecule has 12 heavy (non-hydrogen) atoms. The number of para-hydroxylation sites is 1. The van der Waals surface area contributed by atoms with Gasteiger partial charge in [-0.25, -0.2) is 0 Å². The predicted molar refractivity (Wildman–Crippen MR) is 54.6 cm³/mol. The average molecular weight is 163 g/mol. The Balaban J connectivity index is 0.000000336. The lowest BCUT2D eigenvalue weighted by molar-refractivity contribution is 0.839. The molecule has 0 amide bonds. The third-order valence-electron chi connectivity index (χ3n) is 1.95. The van der Waals surface area contributed by atoms with Gasteiger partial charge in [-0.3, -0.25) is 0 Å². The van der Waals surface area contributed by atoms with Crippen LogP contribution in [0.5, 0.6) is 0 Å². The fourth-order valence-electron chi connectivity index (χ4n) is 1.49. The number of anilines is 1. The first-order valence-corrected chi connectivity index (χ1v) is 4.71. The molecular formula is C11H17N. The number of rotatable bonds is 0. The molecule has 1 nitrogen and oxygen atoms in total. The second-order valence-corrected chi connectivity index (χ2v) is 2.91. The standard InChI is InChI=1S/C9H11N.C2H6/c1-7-6-8-4-2-3-5-9(8)10-7;1-2/h2-5,7,10H,6H2,1H3;1-2H3. The molecule has 0 bridgehead atoms. The minimum Gasteiger partial charge on any atom is -0.382 e. The van der Waals surface area contributed by atoms with Crippen LogP contribution in [-0.4, -0.2) is 6.04 Å². The zero-order chi connectivity index (χ0) is 8.97. The summed E-state index contributed by atoms with van der Waals surface area (Å²) in [4.78, 5) is 0. The van der Waals surface area contributed by atoms with Crippen LogP contribution in [0.1, 0.15) is 26.3 Å². The van der Waals surface area contributed by atoms with Crippen molar-refractivity contribution in [2.45, 2.75) is 33.2 Å². The lowest BCUT2D eigenvalue weighted by Gasteiger charge is -2.00. The van der Waals surface area contributed by atoms with Crippen LogP contribution in [0.3, 0.4) is 0 Å². The molecule has 1 heteroatoms. The summed E-state index contributed by atoms with van der Waals surface area (Å²) < 4.78 is 0. The Kier molecular flexibility index (Phi) is 3.15. The Hall–Kier alpha value is -0.980. The highest BCUT2D eigenvalue weighted by atomic mass is 14.9. The van der Waals surface area contributed by atoms with Gasteiger partial charge < -0.3 is 5.32 Å². The molecule has 1 unspecified atom stereocenters. The Labute approximate surface area is 74.8 Å². The van der Waals surface area contributed by atoms with Crippen LogP contribution in [-0.2, 0) is 6.42 Å². The highest BCUT2D eigenvalue weighted by Crippen LogP contribution is 2.24. The van der Waals surface area contributed by atoms with E-state index in [1.165, 1.54) is 17.7 Å². The zero-order valence-corrected chi connectivity index (χ0v) is 8.09. The van der Waals surface area contributed by atoms with Crippen LogP contribution in [0.4, 0.5) is 5.69 Å². The first-order chi connectivity index (χ1) is 5.86. The predicted octanol–water partition coefficient (Wildman–Crippen LogP) is 3.07. The number of hydrogen-bond donors (Lipinski definition) is 1. The van der Waals surface area contributed by atoms with Crippen LogP contribution in [0.25, 0.3) is 0 Å². The van der Waals surface area contributed by atoms with Crippen molar-refractivity contribution in [2.24, 2.45) is 0 Å². The van der Waals surface area contributed by atoms with E-state index in [2.05, 4.69) is 36.5 Å². The van der Waals surface area contributed by atoms with Crippen LogP contribution < -0.4 is 5.32 Å². The summed E-state index contributed by atoms with van der Waals surface area (Å²) in [7, 11) is 0. The molecule has 1 heterocycles. The van der Waals surface area contributed by atoms with E-state index in [0.29, 0.717) is 6.04 Å². The molecule has 0 aliphatic carbocycles. The topological polar surface area (TPSA) is 12.0 Å². The Morgan fingerprint density at radius 2 is 1.92 bits per heavy atom. The van der Waals surface area contributed by atoms with Crippen molar-refractivity contribution in [2.75, 3.05) is 5.32 Å². The minimum atomic E-state index is 0.623. The molecule has 0 saturated heterocycles. The number of nitrogens with one attached hydrogen (secondary N) is 1. The molecule has 1 atom stereocenters. The fourth-order valence-corrected chi connectivity index (χ4v) is 1.49. The smallest absolute Gasteiger partial charge is 0.0375 e. The molecule has 1 aromatic carbocycles. The van der Waals surface area contributed by atoms with E-state index in [-0.39, 0.29) is 0 Å². The molecule has 0 saturated carbocycles. The lowest BCUT2D eigenvalue weighted by Crippen LogP contribution is -2.08. The normalized spacial score (nSPS) is 18.8.